The van der Waals surface area contributed by atoms with Crippen LogP contribution in [0.4, 0.5) is 0 Å². The van der Waals surface area contributed by atoms with Gasteiger partial charge in [0.25, 0.3) is 0 Å². The average molecular weight is 373 g/mol. The fourth-order valence-electron chi connectivity index (χ4n) is 3.97. The van der Waals surface area contributed by atoms with Gasteiger partial charge in [0.05, 0.1) is 12.2 Å². The second kappa shape index (κ2) is 12.1. The monoisotopic (exact) mass is 372 g/mol. The zero-order chi connectivity index (χ0) is 19.5. The molecule has 0 amide bonds. The lowest BCUT2D eigenvalue weighted by Crippen LogP contribution is -2.36. The van der Waals surface area contributed by atoms with Gasteiger partial charge in [-0.25, -0.2) is 4.68 Å². The van der Waals surface area contributed by atoms with Gasteiger partial charge >= 0.3 is 0 Å². The summed E-state index contributed by atoms with van der Waals surface area (Å²) < 4.78 is 2.09. The molecule has 0 aliphatic carbocycles. The smallest absolute Gasteiger partial charge is 0.113 e. The molecule has 4 nitrogen and oxygen atoms in total. The summed E-state index contributed by atoms with van der Waals surface area (Å²) in [7, 11) is 0. The second-order valence-electron chi connectivity index (χ2n) is 8.09. The van der Waals surface area contributed by atoms with Gasteiger partial charge in [-0.1, -0.05) is 83.6 Å². The Bertz CT molecular complexity index is 618. The first kappa shape index (κ1) is 21.9. The standard InChI is InChI=1S/C23H40N4/c1-5-9-13-20(7-3)17-26(18-21(8-4)14-10-6-2)19-27-23-16-12-11-15-22(23)24-25-27/h11-12,15-16,20-21H,5-10,13-14,17-19H2,1-4H3/t20-,21-/m0/s1. The van der Waals surface area contributed by atoms with Crippen molar-refractivity contribution < 1.29 is 0 Å². The van der Waals surface area contributed by atoms with E-state index in [1.54, 1.807) is 0 Å². The highest BCUT2D eigenvalue weighted by Gasteiger charge is 2.18. The van der Waals surface area contributed by atoms with Crippen molar-refractivity contribution in [1.82, 2.24) is 19.9 Å². The molecular formula is C23H40N4. The molecule has 2 atom stereocenters. The van der Waals surface area contributed by atoms with Crippen LogP contribution >= 0.6 is 0 Å². The molecular weight excluding hydrogens is 332 g/mol. The van der Waals surface area contributed by atoms with E-state index >= 15 is 0 Å². The maximum atomic E-state index is 4.45. The van der Waals surface area contributed by atoms with Gasteiger partial charge in [0.1, 0.15) is 5.52 Å². The van der Waals surface area contributed by atoms with E-state index in [1.807, 2.05) is 6.07 Å². The minimum atomic E-state index is 0.781. The maximum absolute atomic E-state index is 4.45. The number of nitrogens with zero attached hydrogens (tertiary/aromatic N) is 4. The molecule has 0 saturated heterocycles. The predicted molar refractivity (Wildman–Crippen MR) is 116 cm³/mol. The molecule has 1 aromatic heterocycles. The van der Waals surface area contributed by atoms with Crippen LogP contribution < -0.4 is 0 Å². The number of aromatic nitrogens is 3. The summed E-state index contributed by atoms with van der Waals surface area (Å²) in [5, 5.41) is 8.81. The molecule has 4 heteroatoms. The van der Waals surface area contributed by atoms with Crippen LogP contribution in [0.15, 0.2) is 24.3 Å². The lowest BCUT2D eigenvalue weighted by Gasteiger charge is -2.30. The van der Waals surface area contributed by atoms with Crippen LogP contribution in [0.5, 0.6) is 0 Å². The summed E-state index contributed by atoms with van der Waals surface area (Å²) in [5.74, 6) is 1.56. The molecule has 0 aliphatic heterocycles. The van der Waals surface area contributed by atoms with Gasteiger partial charge < -0.3 is 0 Å². The van der Waals surface area contributed by atoms with Crippen LogP contribution in [0.1, 0.15) is 79.1 Å². The van der Waals surface area contributed by atoms with E-state index in [0.29, 0.717) is 0 Å². The Morgan fingerprint density at radius 3 is 2.04 bits per heavy atom. The summed E-state index contributed by atoms with van der Waals surface area (Å²) in [6.45, 7) is 12.5. The lowest BCUT2D eigenvalue weighted by atomic mass is 9.96. The molecule has 1 aromatic carbocycles. The molecule has 2 rings (SSSR count). The van der Waals surface area contributed by atoms with Crippen molar-refractivity contribution in [2.45, 2.75) is 85.7 Å². The first-order valence-electron chi connectivity index (χ1n) is 11.2. The van der Waals surface area contributed by atoms with Crippen LogP contribution in [0.3, 0.4) is 0 Å². The average Bonchev–Trinajstić information content (AvgIpc) is 3.10. The van der Waals surface area contributed by atoms with Gasteiger partial charge in [0.15, 0.2) is 0 Å². The third-order valence-electron chi connectivity index (χ3n) is 5.87. The summed E-state index contributed by atoms with van der Waals surface area (Å²) in [5.41, 5.74) is 2.14. The summed E-state index contributed by atoms with van der Waals surface area (Å²) in [4.78, 5) is 2.65. The van der Waals surface area contributed by atoms with Gasteiger partial charge in [-0.05, 0) is 36.8 Å². The van der Waals surface area contributed by atoms with E-state index in [2.05, 4.69) is 65.8 Å². The van der Waals surface area contributed by atoms with Crippen LogP contribution in [-0.4, -0.2) is 33.0 Å². The molecule has 0 bridgehead atoms. The SMILES string of the molecule is CCCC[C@H](CC)CN(C[C@@H](CC)CCCC)Cn1nnc2ccccc21. The Morgan fingerprint density at radius 1 is 0.889 bits per heavy atom. The van der Waals surface area contributed by atoms with Crippen molar-refractivity contribution in [3.05, 3.63) is 24.3 Å². The molecule has 0 spiro atoms. The molecule has 0 radical (unpaired) electrons. The summed E-state index contributed by atoms with van der Waals surface area (Å²) >= 11 is 0. The Morgan fingerprint density at radius 2 is 1.48 bits per heavy atom. The maximum Gasteiger partial charge on any atom is 0.113 e. The Hall–Kier alpha value is -1.42. The molecule has 0 unspecified atom stereocenters. The Kier molecular flexibility index (Phi) is 9.82. The molecule has 0 saturated carbocycles. The highest BCUT2D eigenvalue weighted by Crippen LogP contribution is 2.20. The largest absolute Gasteiger partial charge is 0.284 e. The number of fused-ring (bicyclic) bond motifs is 1. The van der Waals surface area contributed by atoms with E-state index < -0.39 is 0 Å². The van der Waals surface area contributed by atoms with Crippen LogP contribution in [0, 0.1) is 11.8 Å². The molecule has 0 fully saturated rings. The van der Waals surface area contributed by atoms with E-state index in [0.717, 1.165) is 29.5 Å². The predicted octanol–water partition coefficient (Wildman–Crippen LogP) is 6.12. The Labute approximate surface area is 166 Å². The lowest BCUT2D eigenvalue weighted by molar-refractivity contribution is 0.139. The first-order chi connectivity index (χ1) is 13.2. The van der Waals surface area contributed by atoms with Crippen molar-refractivity contribution in [3.8, 4) is 0 Å². The number of rotatable bonds is 14. The minimum Gasteiger partial charge on any atom is -0.284 e. The van der Waals surface area contributed by atoms with Gasteiger partial charge in [-0.2, -0.15) is 0 Å². The molecule has 152 valence electrons. The minimum absolute atomic E-state index is 0.781. The van der Waals surface area contributed by atoms with E-state index in [4.69, 9.17) is 0 Å². The highest BCUT2D eigenvalue weighted by atomic mass is 15.5. The first-order valence-corrected chi connectivity index (χ1v) is 11.2. The summed E-state index contributed by atoms with van der Waals surface area (Å²) in [6, 6.07) is 8.30. The normalized spacial score (nSPS) is 14.1. The van der Waals surface area contributed by atoms with E-state index in [-0.39, 0.29) is 0 Å². The quantitative estimate of drug-likeness (QED) is 0.400. The number of benzene rings is 1. The molecule has 2 aromatic rings. The van der Waals surface area contributed by atoms with Crippen molar-refractivity contribution in [1.29, 1.82) is 0 Å². The fraction of sp³-hybridized carbons (Fsp3) is 0.739. The zero-order valence-corrected chi connectivity index (χ0v) is 18.0. The second-order valence-corrected chi connectivity index (χ2v) is 8.09. The van der Waals surface area contributed by atoms with Crippen molar-refractivity contribution >= 4 is 11.0 Å². The van der Waals surface area contributed by atoms with E-state index in [1.165, 1.54) is 64.5 Å². The number of unbranched alkanes of at least 4 members (excludes halogenated alkanes) is 2. The number of hydrogen-bond acceptors (Lipinski definition) is 3. The van der Waals surface area contributed by atoms with Crippen molar-refractivity contribution in [2.24, 2.45) is 11.8 Å². The van der Waals surface area contributed by atoms with Gasteiger partial charge in [0, 0.05) is 13.1 Å². The number of para-hydroxylation sites is 1. The number of hydrogen-bond donors (Lipinski definition) is 0. The Balaban J connectivity index is 2.11. The van der Waals surface area contributed by atoms with Gasteiger partial charge in [0.2, 0.25) is 0 Å². The molecule has 27 heavy (non-hydrogen) atoms. The van der Waals surface area contributed by atoms with Gasteiger partial charge in [-0.3, -0.25) is 4.90 Å². The van der Waals surface area contributed by atoms with Crippen molar-refractivity contribution in [3.63, 3.8) is 0 Å². The fourth-order valence-corrected chi connectivity index (χ4v) is 3.97. The third kappa shape index (κ3) is 6.91. The molecule has 0 N–H and O–H groups in total. The van der Waals surface area contributed by atoms with Crippen LogP contribution in [-0.2, 0) is 6.67 Å². The zero-order valence-electron chi connectivity index (χ0n) is 18.0. The van der Waals surface area contributed by atoms with Crippen LogP contribution in [0.25, 0.3) is 11.0 Å². The van der Waals surface area contributed by atoms with Crippen LogP contribution in [0.2, 0.25) is 0 Å². The van der Waals surface area contributed by atoms with E-state index in [9.17, 15) is 0 Å². The summed E-state index contributed by atoms with van der Waals surface area (Å²) in [6.07, 6.45) is 10.5. The third-order valence-corrected chi connectivity index (χ3v) is 5.87. The highest BCUT2D eigenvalue weighted by molar-refractivity contribution is 5.73. The molecule has 1 heterocycles. The molecule has 0 aliphatic rings. The van der Waals surface area contributed by atoms with Gasteiger partial charge in [-0.15, -0.1) is 5.10 Å². The van der Waals surface area contributed by atoms with Crippen molar-refractivity contribution in [2.75, 3.05) is 13.1 Å². The topological polar surface area (TPSA) is 34.0 Å².